The average molecular weight is 592 g/mol. The van der Waals surface area contributed by atoms with Gasteiger partial charge in [0.15, 0.2) is 5.96 Å². The molecule has 43 heavy (non-hydrogen) atoms. The maximum absolute atomic E-state index is 13.2. The van der Waals surface area contributed by atoms with E-state index in [-0.39, 0.29) is 24.8 Å². The Morgan fingerprint density at radius 3 is 2.35 bits per heavy atom. The second-order valence-corrected chi connectivity index (χ2v) is 10.3. The van der Waals surface area contributed by atoms with E-state index < -0.39 is 47.9 Å². The highest BCUT2D eigenvalue weighted by atomic mass is 16.4. The molecule has 3 aromatic rings. The van der Waals surface area contributed by atoms with Gasteiger partial charge < -0.3 is 37.2 Å². The smallest absolute Gasteiger partial charge is 0.336 e. The molecule has 0 saturated heterocycles. The molecule has 0 aliphatic rings. The van der Waals surface area contributed by atoms with Gasteiger partial charge in [0.2, 0.25) is 17.7 Å². The van der Waals surface area contributed by atoms with E-state index in [1.54, 1.807) is 63.2 Å². The van der Waals surface area contributed by atoms with E-state index >= 15 is 0 Å². The van der Waals surface area contributed by atoms with Crippen molar-refractivity contribution in [2.75, 3.05) is 18.4 Å². The van der Waals surface area contributed by atoms with Crippen LogP contribution in [0.2, 0.25) is 0 Å². The topological polar surface area (TPSA) is 211 Å². The summed E-state index contributed by atoms with van der Waals surface area (Å²) in [6.45, 7) is 5.12. The SMILES string of the molecule is Cc1cc(=O)oc2cc(NC(=O)[C@@H](CCCN=C(N)N)NC(=O)CNC(=O)[C@@H](NC(=O)c3ccccc3)C(C)C)ccc12. The summed E-state index contributed by atoms with van der Waals surface area (Å²) in [5, 5.41) is 11.3. The molecule has 0 radical (unpaired) electrons. The van der Waals surface area contributed by atoms with Gasteiger partial charge in [0.1, 0.15) is 17.7 Å². The molecule has 13 heteroatoms. The molecule has 4 amide bonds. The first-order valence-electron chi connectivity index (χ1n) is 13.8. The second-order valence-electron chi connectivity index (χ2n) is 10.3. The number of nitrogens with one attached hydrogen (secondary N) is 4. The molecule has 1 heterocycles. The summed E-state index contributed by atoms with van der Waals surface area (Å²) in [5.74, 6) is -2.48. The lowest BCUT2D eigenvalue weighted by atomic mass is 10.0. The van der Waals surface area contributed by atoms with Gasteiger partial charge in [-0.2, -0.15) is 0 Å². The standard InChI is InChI=1S/C30H37N7O6/c1-17(2)26(37-27(40)19-8-5-4-6-9-19)29(42)34-16-24(38)36-22(10-7-13-33-30(31)32)28(41)35-20-11-12-21-18(3)14-25(39)43-23(21)15-20/h4-6,8-9,11-12,14-15,17,22,26H,7,10,13,16H2,1-3H3,(H,34,42)(H,35,41)(H,36,38)(H,37,40)(H4,31,32,33)/t22-,26+/m1/s1. The molecule has 0 fully saturated rings. The number of carbonyl (C=O) groups is 4. The molecule has 0 aliphatic heterocycles. The number of anilines is 1. The van der Waals surface area contributed by atoms with Crippen LogP contribution in [-0.4, -0.2) is 54.8 Å². The maximum atomic E-state index is 13.2. The second kappa shape index (κ2) is 15.1. The van der Waals surface area contributed by atoms with Crippen LogP contribution in [0, 0.1) is 12.8 Å². The van der Waals surface area contributed by atoms with Crippen molar-refractivity contribution < 1.29 is 23.6 Å². The van der Waals surface area contributed by atoms with Gasteiger partial charge in [0.25, 0.3) is 5.91 Å². The number of amides is 4. The van der Waals surface area contributed by atoms with Gasteiger partial charge in [0.05, 0.1) is 6.54 Å². The van der Waals surface area contributed by atoms with Gasteiger partial charge >= 0.3 is 5.63 Å². The van der Waals surface area contributed by atoms with Crippen molar-refractivity contribution in [2.24, 2.45) is 22.4 Å². The molecule has 2 atom stereocenters. The number of aliphatic imine (C=N–C) groups is 1. The van der Waals surface area contributed by atoms with E-state index in [1.807, 2.05) is 0 Å². The molecule has 1 aromatic heterocycles. The number of nitrogens with two attached hydrogens (primary N) is 2. The van der Waals surface area contributed by atoms with Crippen molar-refractivity contribution >= 4 is 46.2 Å². The van der Waals surface area contributed by atoms with Crippen LogP contribution in [0.1, 0.15) is 42.6 Å². The fourth-order valence-electron chi connectivity index (χ4n) is 4.28. The highest BCUT2D eigenvalue weighted by molar-refractivity contribution is 6.00. The Labute approximate surface area is 248 Å². The molecule has 2 aromatic carbocycles. The number of fused-ring (bicyclic) bond motifs is 1. The lowest BCUT2D eigenvalue weighted by molar-refractivity contribution is -0.129. The predicted octanol–water partition coefficient (Wildman–Crippen LogP) is 1.15. The number of carbonyl (C=O) groups excluding carboxylic acids is 4. The molecule has 3 rings (SSSR count). The van der Waals surface area contributed by atoms with Crippen LogP contribution in [0.25, 0.3) is 11.0 Å². The number of aryl methyl sites for hydroxylation is 1. The molecule has 8 N–H and O–H groups in total. The number of hydrogen-bond donors (Lipinski definition) is 6. The number of benzene rings is 2. The summed E-state index contributed by atoms with van der Waals surface area (Å²) in [5.41, 5.74) is 12.0. The number of hydrogen-bond acceptors (Lipinski definition) is 7. The lowest BCUT2D eigenvalue weighted by Gasteiger charge is -2.22. The van der Waals surface area contributed by atoms with E-state index in [1.165, 1.54) is 12.1 Å². The molecule has 0 bridgehead atoms. The molecule has 0 unspecified atom stereocenters. The quantitative estimate of drug-likeness (QED) is 0.0733. The molecule has 0 spiro atoms. The van der Waals surface area contributed by atoms with Crippen molar-refractivity contribution in [1.82, 2.24) is 16.0 Å². The summed E-state index contributed by atoms with van der Waals surface area (Å²) in [7, 11) is 0. The third-order valence-electron chi connectivity index (χ3n) is 6.51. The fourth-order valence-corrected chi connectivity index (χ4v) is 4.28. The fraction of sp³-hybridized carbons (Fsp3) is 0.333. The van der Waals surface area contributed by atoms with Gasteiger partial charge in [-0.25, -0.2) is 4.79 Å². The largest absolute Gasteiger partial charge is 0.423 e. The number of rotatable bonds is 13. The van der Waals surface area contributed by atoms with Crippen LogP contribution >= 0.6 is 0 Å². The van der Waals surface area contributed by atoms with Gasteiger partial charge in [-0.1, -0.05) is 32.0 Å². The van der Waals surface area contributed by atoms with E-state index in [0.717, 1.165) is 10.9 Å². The maximum Gasteiger partial charge on any atom is 0.336 e. The van der Waals surface area contributed by atoms with Gasteiger partial charge in [-0.15, -0.1) is 0 Å². The van der Waals surface area contributed by atoms with Crippen LogP contribution in [0.5, 0.6) is 0 Å². The van der Waals surface area contributed by atoms with Crippen LogP contribution in [0.15, 0.2) is 68.8 Å². The van der Waals surface area contributed by atoms with Gasteiger partial charge in [0, 0.05) is 35.3 Å². The molecule has 0 saturated carbocycles. The zero-order valence-corrected chi connectivity index (χ0v) is 24.3. The van der Waals surface area contributed by atoms with Crippen molar-refractivity contribution in [3.63, 3.8) is 0 Å². The third-order valence-corrected chi connectivity index (χ3v) is 6.51. The Kier molecular flexibility index (Phi) is 11.4. The Balaban J connectivity index is 1.65. The Bertz CT molecular complexity index is 1550. The van der Waals surface area contributed by atoms with E-state index in [2.05, 4.69) is 26.3 Å². The first kappa shape index (κ1) is 32.3. The summed E-state index contributed by atoms with van der Waals surface area (Å²) in [6, 6.07) is 12.8. The molecular formula is C30H37N7O6. The van der Waals surface area contributed by atoms with Crippen LogP contribution in [0.4, 0.5) is 5.69 Å². The van der Waals surface area contributed by atoms with E-state index in [4.69, 9.17) is 15.9 Å². The first-order valence-corrected chi connectivity index (χ1v) is 13.8. The minimum absolute atomic E-state index is 0.0974. The lowest BCUT2D eigenvalue weighted by Crippen LogP contribution is -2.53. The molecule has 228 valence electrons. The van der Waals surface area contributed by atoms with Crippen molar-refractivity contribution in [3.8, 4) is 0 Å². The van der Waals surface area contributed by atoms with Gasteiger partial charge in [-0.05, 0) is 55.5 Å². The minimum Gasteiger partial charge on any atom is -0.423 e. The first-order chi connectivity index (χ1) is 20.4. The van der Waals surface area contributed by atoms with Gasteiger partial charge in [-0.3, -0.25) is 24.2 Å². The van der Waals surface area contributed by atoms with Crippen LogP contribution in [-0.2, 0) is 14.4 Å². The Hall–Kier alpha value is -5.20. The van der Waals surface area contributed by atoms with E-state index in [9.17, 15) is 24.0 Å². The van der Waals surface area contributed by atoms with Crippen molar-refractivity contribution in [1.29, 1.82) is 0 Å². The summed E-state index contributed by atoms with van der Waals surface area (Å²) < 4.78 is 5.25. The zero-order chi connectivity index (χ0) is 31.5. The number of guanidine groups is 1. The Morgan fingerprint density at radius 1 is 0.953 bits per heavy atom. The summed E-state index contributed by atoms with van der Waals surface area (Å²) in [4.78, 5) is 67.2. The highest BCUT2D eigenvalue weighted by Gasteiger charge is 2.26. The highest BCUT2D eigenvalue weighted by Crippen LogP contribution is 2.21. The molecule has 0 aliphatic carbocycles. The normalized spacial score (nSPS) is 12.2. The minimum atomic E-state index is -1.00. The average Bonchev–Trinajstić information content (AvgIpc) is 2.95. The molecule has 13 nitrogen and oxygen atoms in total. The third kappa shape index (κ3) is 9.69. The number of nitrogens with zero attached hydrogens (tertiary/aromatic N) is 1. The summed E-state index contributed by atoms with van der Waals surface area (Å²) >= 11 is 0. The zero-order valence-electron chi connectivity index (χ0n) is 24.3. The Morgan fingerprint density at radius 2 is 1.67 bits per heavy atom. The van der Waals surface area contributed by atoms with Crippen molar-refractivity contribution in [3.05, 3.63) is 76.1 Å². The molecular weight excluding hydrogens is 554 g/mol. The van der Waals surface area contributed by atoms with Crippen LogP contribution < -0.4 is 38.4 Å². The predicted molar refractivity (Wildman–Crippen MR) is 163 cm³/mol. The monoisotopic (exact) mass is 591 g/mol. The van der Waals surface area contributed by atoms with E-state index in [0.29, 0.717) is 23.3 Å². The summed E-state index contributed by atoms with van der Waals surface area (Å²) in [6.07, 6.45) is 0.557. The van der Waals surface area contributed by atoms with Crippen molar-refractivity contribution in [2.45, 2.75) is 45.7 Å². The van der Waals surface area contributed by atoms with Crippen LogP contribution in [0.3, 0.4) is 0 Å².